The molecule has 0 bridgehead atoms. The van der Waals surface area contributed by atoms with Crippen LogP contribution in [0.4, 0.5) is 17.5 Å². The summed E-state index contributed by atoms with van der Waals surface area (Å²) in [5.74, 6) is 1.19. The Bertz CT molecular complexity index is 1050. The van der Waals surface area contributed by atoms with Crippen LogP contribution in [-0.2, 0) is 6.54 Å². The van der Waals surface area contributed by atoms with Crippen LogP contribution in [0.1, 0.15) is 25.5 Å². The van der Waals surface area contributed by atoms with E-state index in [4.69, 9.17) is 5.73 Å². The lowest BCUT2D eigenvalue weighted by Crippen LogP contribution is -2.06. The van der Waals surface area contributed by atoms with E-state index in [2.05, 4.69) is 39.3 Å². The minimum atomic E-state index is 0.298. The molecule has 8 heteroatoms. The number of fused-ring (bicyclic) bond motifs is 1. The number of rotatable bonds is 5. The van der Waals surface area contributed by atoms with E-state index in [-0.39, 0.29) is 0 Å². The van der Waals surface area contributed by atoms with Crippen LogP contribution in [0.2, 0.25) is 0 Å². The van der Waals surface area contributed by atoms with Crippen molar-refractivity contribution in [1.29, 1.82) is 0 Å². The molecule has 4 rings (SSSR count). The first-order valence-electron chi connectivity index (χ1n) is 8.44. The van der Waals surface area contributed by atoms with Crippen molar-refractivity contribution in [2.45, 2.75) is 26.4 Å². The third-order valence-electron chi connectivity index (χ3n) is 4.13. The SMILES string of the molecule is CC(C)n1ccc(Nc2ncc3cnn(Cc4ccccc4N)c3n2)n1. The largest absolute Gasteiger partial charge is 0.398 e. The van der Waals surface area contributed by atoms with E-state index < -0.39 is 0 Å². The summed E-state index contributed by atoms with van der Waals surface area (Å²) in [6.45, 7) is 4.70. The van der Waals surface area contributed by atoms with Gasteiger partial charge in [-0.3, -0.25) is 4.68 Å². The van der Waals surface area contributed by atoms with Crippen LogP contribution in [0, 0.1) is 0 Å². The number of nitrogens with two attached hydrogens (primary N) is 1. The first kappa shape index (κ1) is 16.1. The Morgan fingerprint density at radius 3 is 2.77 bits per heavy atom. The molecule has 0 atom stereocenters. The van der Waals surface area contributed by atoms with Crippen molar-refractivity contribution in [2.75, 3.05) is 11.1 Å². The maximum atomic E-state index is 6.04. The Morgan fingerprint density at radius 1 is 1.15 bits per heavy atom. The van der Waals surface area contributed by atoms with Gasteiger partial charge in [0.2, 0.25) is 5.95 Å². The molecule has 26 heavy (non-hydrogen) atoms. The average molecular weight is 348 g/mol. The highest BCUT2D eigenvalue weighted by molar-refractivity contribution is 5.75. The van der Waals surface area contributed by atoms with Gasteiger partial charge in [0.15, 0.2) is 11.5 Å². The number of nitrogens with one attached hydrogen (secondary N) is 1. The van der Waals surface area contributed by atoms with Crippen LogP contribution in [0.25, 0.3) is 11.0 Å². The summed E-state index contributed by atoms with van der Waals surface area (Å²) in [4.78, 5) is 8.94. The first-order chi connectivity index (χ1) is 12.6. The van der Waals surface area contributed by atoms with Crippen molar-refractivity contribution in [3.05, 3.63) is 54.5 Å². The number of nitrogens with zero attached hydrogens (tertiary/aromatic N) is 6. The van der Waals surface area contributed by atoms with Crippen molar-refractivity contribution in [3.63, 3.8) is 0 Å². The number of hydrogen-bond acceptors (Lipinski definition) is 6. The lowest BCUT2D eigenvalue weighted by atomic mass is 10.2. The maximum absolute atomic E-state index is 6.04. The number of anilines is 3. The highest BCUT2D eigenvalue weighted by Gasteiger charge is 2.10. The van der Waals surface area contributed by atoms with Gasteiger partial charge in [-0.1, -0.05) is 18.2 Å². The van der Waals surface area contributed by atoms with E-state index in [1.807, 2.05) is 45.9 Å². The maximum Gasteiger partial charge on any atom is 0.230 e. The van der Waals surface area contributed by atoms with Crippen molar-refractivity contribution >= 4 is 28.5 Å². The number of para-hydroxylation sites is 1. The van der Waals surface area contributed by atoms with Crippen LogP contribution in [0.15, 0.2) is 48.9 Å². The quantitative estimate of drug-likeness (QED) is 0.538. The van der Waals surface area contributed by atoms with Crippen LogP contribution < -0.4 is 11.1 Å². The molecule has 0 unspecified atom stereocenters. The second kappa shape index (κ2) is 6.47. The summed E-state index contributed by atoms with van der Waals surface area (Å²) in [7, 11) is 0. The summed E-state index contributed by atoms with van der Waals surface area (Å²) in [6, 6.07) is 9.95. The lowest BCUT2D eigenvalue weighted by Gasteiger charge is -2.07. The van der Waals surface area contributed by atoms with Crippen molar-refractivity contribution in [2.24, 2.45) is 0 Å². The van der Waals surface area contributed by atoms with Gasteiger partial charge >= 0.3 is 0 Å². The van der Waals surface area contributed by atoms with Crippen molar-refractivity contribution in [1.82, 2.24) is 29.5 Å². The van der Waals surface area contributed by atoms with Crippen LogP contribution in [-0.4, -0.2) is 29.5 Å². The summed E-state index contributed by atoms with van der Waals surface area (Å²) < 4.78 is 3.70. The van der Waals surface area contributed by atoms with Crippen LogP contribution in [0.3, 0.4) is 0 Å². The third-order valence-corrected chi connectivity index (χ3v) is 4.13. The Morgan fingerprint density at radius 2 is 2.00 bits per heavy atom. The van der Waals surface area contributed by atoms with Crippen molar-refractivity contribution < 1.29 is 0 Å². The molecule has 0 amide bonds. The summed E-state index contributed by atoms with van der Waals surface area (Å²) in [5, 5.41) is 12.9. The number of aromatic nitrogens is 6. The van der Waals surface area contributed by atoms with Gasteiger partial charge in [0, 0.05) is 30.2 Å². The molecule has 1 aromatic carbocycles. The Balaban J connectivity index is 1.62. The zero-order valence-corrected chi connectivity index (χ0v) is 14.7. The molecule has 3 aromatic heterocycles. The topological polar surface area (TPSA) is 99.5 Å². The van der Waals surface area contributed by atoms with E-state index in [1.165, 1.54) is 0 Å². The molecule has 0 aliphatic rings. The molecule has 132 valence electrons. The van der Waals surface area contributed by atoms with Crippen molar-refractivity contribution in [3.8, 4) is 0 Å². The monoisotopic (exact) mass is 348 g/mol. The fourth-order valence-electron chi connectivity index (χ4n) is 2.69. The van der Waals surface area contributed by atoms with Gasteiger partial charge in [-0.05, 0) is 25.5 Å². The molecule has 3 heterocycles. The molecular formula is C18H20N8. The average Bonchev–Trinajstić information content (AvgIpc) is 3.24. The number of benzene rings is 1. The van der Waals surface area contributed by atoms with Gasteiger partial charge in [-0.2, -0.15) is 15.2 Å². The molecule has 0 aliphatic carbocycles. The standard InChI is InChI=1S/C18H20N8/c1-12(2)25-8-7-16(24-25)22-18-20-9-14-10-21-26(17(14)23-18)11-13-5-3-4-6-15(13)19/h3-10,12H,11,19H2,1-2H3,(H,20,22,23,24). The van der Waals surface area contributed by atoms with Gasteiger partial charge < -0.3 is 11.1 Å². The lowest BCUT2D eigenvalue weighted by molar-refractivity contribution is 0.534. The zero-order valence-electron chi connectivity index (χ0n) is 14.7. The molecule has 0 fully saturated rings. The molecule has 8 nitrogen and oxygen atoms in total. The number of nitrogen functional groups attached to an aromatic ring is 1. The van der Waals surface area contributed by atoms with E-state index >= 15 is 0 Å². The van der Waals surface area contributed by atoms with E-state index in [1.54, 1.807) is 12.4 Å². The molecule has 4 aromatic rings. The van der Waals surface area contributed by atoms with Crippen LogP contribution >= 0.6 is 0 Å². The fourth-order valence-corrected chi connectivity index (χ4v) is 2.69. The Labute approximate surface area is 150 Å². The zero-order chi connectivity index (χ0) is 18.1. The second-order valence-corrected chi connectivity index (χ2v) is 6.37. The summed E-state index contributed by atoms with van der Waals surface area (Å²) >= 11 is 0. The predicted octanol–water partition coefficient (Wildman–Crippen LogP) is 2.98. The number of hydrogen-bond donors (Lipinski definition) is 2. The first-order valence-corrected chi connectivity index (χ1v) is 8.44. The van der Waals surface area contributed by atoms with Gasteiger partial charge in [-0.15, -0.1) is 0 Å². The fraction of sp³-hybridized carbons (Fsp3) is 0.222. The van der Waals surface area contributed by atoms with Gasteiger partial charge in [0.1, 0.15) is 0 Å². The smallest absolute Gasteiger partial charge is 0.230 e. The van der Waals surface area contributed by atoms with Crippen LogP contribution in [0.5, 0.6) is 0 Å². The summed E-state index contributed by atoms with van der Waals surface area (Å²) in [6.07, 6.45) is 5.43. The normalized spacial score (nSPS) is 11.3. The van der Waals surface area contributed by atoms with E-state index in [0.29, 0.717) is 24.4 Å². The van der Waals surface area contributed by atoms with E-state index in [0.717, 1.165) is 22.3 Å². The Hall–Kier alpha value is -3.42. The molecule has 0 spiro atoms. The highest BCUT2D eigenvalue weighted by Crippen LogP contribution is 2.18. The Kier molecular flexibility index (Phi) is 4.00. The second-order valence-electron chi connectivity index (χ2n) is 6.37. The predicted molar refractivity (Wildman–Crippen MR) is 101 cm³/mol. The molecule has 0 aliphatic heterocycles. The highest BCUT2D eigenvalue weighted by atomic mass is 15.3. The molecule has 0 saturated heterocycles. The minimum absolute atomic E-state index is 0.298. The molecule has 0 radical (unpaired) electrons. The minimum Gasteiger partial charge on any atom is -0.398 e. The molecule has 3 N–H and O–H groups in total. The molecular weight excluding hydrogens is 328 g/mol. The van der Waals surface area contributed by atoms with Gasteiger partial charge in [0.25, 0.3) is 0 Å². The summed E-state index contributed by atoms with van der Waals surface area (Å²) in [5.41, 5.74) is 8.53. The van der Waals surface area contributed by atoms with Gasteiger partial charge in [0.05, 0.1) is 18.1 Å². The molecule has 0 saturated carbocycles. The van der Waals surface area contributed by atoms with Gasteiger partial charge in [-0.25, -0.2) is 9.67 Å². The van der Waals surface area contributed by atoms with E-state index in [9.17, 15) is 0 Å². The third kappa shape index (κ3) is 3.08.